The maximum Gasteiger partial charge on any atom is 0.244 e. The van der Waals surface area contributed by atoms with Gasteiger partial charge in [-0.1, -0.05) is 60.2 Å². The molecule has 0 aliphatic carbocycles. The van der Waals surface area contributed by atoms with Crippen LogP contribution in [-0.2, 0) is 32.6 Å². The Bertz CT molecular complexity index is 1350. The molecule has 0 aliphatic heterocycles. The van der Waals surface area contributed by atoms with Crippen LogP contribution in [0.15, 0.2) is 72.8 Å². The first kappa shape index (κ1) is 27.9. The Morgan fingerprint density at radius 2 is 1.59 bits per heavy atom. The van der Waals surface area contributed by atoms with Crippen molar-refractivity contribution in [2.24, 2.45) is 0 Å². The van der Waals surface area contributed by atoms with E-state index in [0.29, 0.717) is 16.8 Å². The number of rotatable bonds is 10. The summed E-state index contributed by atoms with van der Waals surface area (Å²) in [6, 6.07) is 19.3. The van der Waals surface area contributed by atoms with Gasteiger partial charge in [-0.2, -0.15) is 0 Å². The van der Waals surface area contributed by atoms with Crippen molar-refractivity contribution < 1.29 is 22.4 Å². The Labute approximate surface area is 218 Å². The third kappa shape index (κ3) is 7.39. The third-order valence-electron chi connectivity index (χ3n) is 6.08. The van der Waals surface area contributed by atoms with Crippen LogP contribution in [-0.4, -0.2) is 51.0 Å². The van der Waals surface area contributed by atoms with Crippen LogP contribution >= 0.6 is 0 Å². The Morgan fingerprint density at radius 3 is 2.16 bits per heavy atom. The van der Waals surface area contributed by atoms with Gasteiger partial charge in [0.15, 0.2) is 0 Å². The summed E-state index contributed by atoms with van der Waals surface area (Å²) < 4.78 is 40.2. The van der Waals surface area contributed by atoms with E-state index >= 15 is 0 Å². The lowest BCUT2D eigenvalue weighted by Crippen LogP contribution is -2.53. The number of hydrogen-bond donors (Lipinski definition) is 1. The Kier molecular flexibility index (Phi) is 9.04. The number of nitrogens with one attached hydrogen (secondary N) is 1. The van der Waals surface area contributed by atoms with Crippen molar-refractivity contribution in [2.45, 2.75) is 32.9 Å². The second-order valence-corrected chi connectivity index (χ2v) is 10.9. The molecule has 1 N–H and O–H groups in total. The zero-order valence-electron chi connectivity index (χ0n) is 21.4. The number of nitrogens with zero attached hydrogens (tertiary/aromatic N) is 2. The van der Waals surface area contributed by atoms with Crippen LogP contribution in [0.4, 0.5) is 10.1 Å². The van der Waals surface area contributed by atoms with E-state index in [4.69, 9.17) is 0 Å². The average Bonchev–Trinajstić information content (AvgIpc) is 2.85. The minimum absolute atomic E-state index is 0.00544. The molecule has 9 heteroatoms. The summed E-state index contributed by atoms with van der Waals surface area (Å²) >= 11 is 0. The van der Waals surface area contributed by atoms with E-state index < -0.39 is 40.2 Å². The lowest BCUT2D eigenvalue weighted by molar-refractivity contribution is -0.139. The van der Waals surface area contributed by atoms with Crippen molar-refractivity contribution in [3.8, 4) is 0 Å². The lowest BCUT2D eigenvalue weighted by Gasteiger charge is -2.33. The van der Waals surface area contributed by atoms with Gasteiger partial charge in [0.05, 0.1) is 11.9 Å². The van der Waals surface area contributed by atoms with Crippen molar-refractivity contribution in [3.05, 3.63) is 101 Å². The molecule has 2 amide bonds. The van der Waals surface area contributed by atoms with E-state index in [1.54, 1.807) is 19.1 Å². The van der Waals surface area contributed by atoms with Crippen LogP contribution in [0.25, 0.3) is 0 Å². The van der Waals surface area contributed by atoms with Crippen molar-refractivity contribution in [1.82, 2.24) is 10.2 Å². The van der Waals surface area contributed by atoms with E-state index in [1.807, 2.05) is 43.3 Å². The molecule has 0 saturated heterocycles. The number of likely N-dealkylation sites (N-methyl/N-ethyl adjacent to an activating group) is 1. The van der Waals surface area contributed by atoms with Gasteiger partial charge in [-0.3, -0.25) is 13.9 Å². The molecule has 0 bridgehead atoms. The molecule has 0 heterocycles. The summed E-state index contributed by atoms with van der Waals surface area (Å²) in [6.45, 7) is 3.18. The fraction of sp³-hybridized carbons (Fsp3) is 0.286. The molecule has 0 aliphatic rings. The second kappa shape index (κ2) is 12.0. The lowest BCUT2D eigenvalue weighted by atomic mass is 10.0. The highest BCUT2D eigenvalue weighted by atomic mass is 32.2. The quantitative estimate of drug-likeness (QED) is 0.438. The number of sulfonamides is 1. The normalized spacial score (nSPS) is 12.0. The monoisotopic (exact) mass is 525 g/mol. The van der Waals surface area contributed by atoms with E-state index in [0.717, 1.165) is 21.7 Å². The molecule has 1 atom stereocenters. The molecule has 3 rings (SSSR count). The number of carbonyl (C=O) groups excluding carboxylic acids is 2. The van der Waals surface area contributed by atoms with Crippen molar-refractivity contribution in [1.29, 1.82) is 0 Å². The summed E-state index contributed by atoms with van der Waals surface area (Å²) in [5.74, 6) is -1.37. The van der Waals surface area contributed by atoms with Gasteiger partial charge in [0.2, 0.25) is 21.8 Å². The van der Waals surface area contributed by atoms with Crippen LogP contribution in [0.2, 0.25) is 0 Å². The molecular weight excluding hydrogens is 493 g/mol. The van der Waals surface area contributed by atoms with Gasteiger partial charge in [0.25, 0.3) is 0 Å². The summed E-state index contributed by atoms with van der Waals surface area (Å²) in [5, 5.41) is 2.62. The third-order valence-corrected chi connectivity index (χ3v) is 7.21. The molecule has 3 aromatic carbocycles. The Balaban J connectivity index is 2.04. The highest BCUT2D eigenvalue weighted by Gasteiger charge is 2.32. The minimum atomic E-state index is -3.84. The summed E-state index contributed by atoms with van der Waals surface area (Å²) in [6.07, 6.45) is 1.26. The smallest absolute Gasteiger partial charge is 0.244 e. The zero-order chi connectivity index (χ0) is 27.2. The van der Waals surface area contributed by atoms with Crippen molar-refractivity contribution in [3.63, 3.8) is 0 Å². The van der Waals surface area contributed by atoms with Crippen LogP contribution in [0, 0.1) is 19.7 Å². The summed E-state index contributed by atoms with van der Waals surface area (Å²) in [7, 11) is -2.35. The van der Waals surface area contributed by atoms with Crippen molar-refractivity contribution >= 4 is 27.5 Å². The van der Waals surface area contributed by atoms with Gasteiger partial charge in [-0.05, 0) is 48.7 Å². The summed E-state index contributed by atoms with van der Waals surface area (Å²) in [4.78, 5) is 28.3. The van der Waals surface area contributed by atoms with Gasteiger partial charge in [0.1, 0.15) is 18.4 Å². The number of anilines is 1. The first-order valence-electron chi connectivity index (χ1n) is 11.8. The standard InChI is InChI=1S/C28H32FN3O4S/c1-20-10-15-25(21(2)16-20)32(37(4,35)36)19-27(33)31(18-23-11-13-24(29)14-12-23)26(28(34)30-3)17-22-8-6-5-7-9-22/h5-16,26H,17-19H2,1-4H3,(H,30,34)/t26-/m0/s1. The molecule has 37 heavy (non-hydrogen) atoms. The number of halogens is 1. The Morgan fingerprint density at radius 1 is 0.946 bits per heavy atom. The molecule has 0 spiro atoms. The van der Waals surface area contributed by atoms with E-state index in [9.17, 15) is 22.4 Å². The molecule has 3 aromatic rings. The van der Waals surface area contributed by atoms with Crippen molar-refractivity contribution in [2.75, 3.05) is 24.2 Å². The van der Waals surface area contributed by atoms with Gasteiger partial charge < -0.3 is 10.2 Å². The van der Waals surface area contributed by atoms with Gasteiger partial charge in [-0.25, -0.2) is 12.8 Å². The SMILES string of the molecule is CNC(=O)[C@H](Cc1ccccc1)N(Cc1ccc(F)cc1)C(=O)CN(c1ccc(C)cc1C)S(C)(=O)=O. The molecule has 0 radical (unpaired) electrons. The first-order valence-corrected chi connectivity index (χ1v) is 13.7. The number of hydrogen-bond acceptors (Lipinski definition) is 4. The van der Waals surface area contributed by atoms with Crippen LogP contribution < -0.4 is 9.62 Å². The predicted octanol–water partition coefficient (Wildman–Crippen LogP) is 3.59. The number of amides is 2. The average molecular weight is 526 g/mol. The number of aryl methyl sites for hydroxylation is 2. The number of carbonyl (C=O) groups is 2. The first-order chi connectivity index (χ1) is 17.5. The van der Waals surface area contributed by atoms with Gasteiger partial charge in [0, 0.05) is 20.0 Å². The highest BCUT2D eigenvalue weighted by Crippen LogP contribution is 2.24. The predicted molar refractivity (Wildman–Crippen MR) is 143 cm³/mol. The molecular formula is C28H32FN3O4S. The van der Waals surface area contributed by atoms with Crippen LogP contribution in [0.1, 0.15) is 22.3 Å². The van der Waals surface area contributed by atoms with E-state index in [-0.39, 0.29) is 13.0 Å². The molecule has 0 saturated carbocycles. The minimum Gasteiger partial charge on any atom is -0.357 e. The zero-order valence-corrected chi connectivity index (χ0v) is 22.3. The summed E-state index contributed by atoms with van der Waals surface area (Å²) in [5.41, 5.74) is 3.50. The van der Waals surface area contributed by atoms with Gasteiger partial charge in [-0.15, -0.1) is 0 Å². The second-order valence-electron chi connectivity index (χ2n) is 9.03. The highest BCUT2D eigenvalue weighted by molar-refractivity contribution is 7.92. The maximum atomic E-state index is 13.8. The van der Waals surface area contributed by atoms with E-state index in [1.165, 1.54) is 36.2 Å². The molecule has 7 nitrogen and oxygen atoms in total. The Hall–Kier alpha value is -3.72. The molecule has 0 fully saturated rings. The topological polar surface area (TPSA) is 86.8 Å². The number of benzene rings is 3. The fourth-order valence-electron chi connectivity index (χ4n) is 4.19. The van der Waals surface area contributed by atoms with Gasteiger partial charge >= 0.3 is 0 Å². The largest absolute Gasteiger partial charge is 0.357 e. The molecule has 196 valence electrons. The van der Waals surface area contributed by atoms with E-state index in [2.05, 4.69) is 5.32 Å². The van der Waals surface area contributed by atoms with Crippen LogP contribution in [0.5, 0.6) is 0 Å². The van der Waals surface area contributed by atoms with Crippen LogP contribution in [0.3, 0.4) is 0 Å². The molecule has 0 unspecified atom stereocenters. The maximum absolute atomic E-state index is 13.8. The molecule has 0 aromatic heterocycles. The fourth-order valence-corrected chi connectivity index (χ4v) is 5.09.